The van der Waals surface area contributed by atoms with Gasteiger partial charge in [-0.15, -0.1) is 0 Å². The summed E-state index contributed by atoms with van der Waals surface area (Å²) < 4.78 is 7.30. The predicted octanol–water partition coefficient (Wildman–Crippen LogP) is 9.97. The minimum absolute atomic E-state index is 0.889. The van der Waals surface area contributed by atoms with Crippen LogP contribution in [0.3, 0.4) is 0 Å². The topological polar surface area (TPSA) is 29.3 Å². The molecule has 0 atom stereocenters. The summed E-state index contributed by atoms with van der Waals surface area (Å²) in [5.74, 6) is 0. The van der Waals surface area contributed by atoms with Gasteiger partial charge in [-0.3, -0.25) is 4.90 Å². The van der Waals surface area contributed by atoms with E-state index in [4.69, 9.17) is 9.40 Å². The van der Waals surface area contributed by atoms with Crippen LogP contribution in [0.2, 0.25) is 0 Å². The molecule has 0 aliphatic heterocycles. The highest BCUT2D eigenvalue weighted by molar-refractivity contribution is 7.23. The van der Waals surface area contributed by atoms with Crippen LogP contribution < -0.4 is 4.90 Å². The molecule has 2 heterocycles. The number of aromatic nitrogens is 1. The van der Waals surface area contributed by atoms with E-state index in [0.29, 0.717) is 0 Å². The third kappa shape index (κ3) is 3.16. The number of thiazole rings is 1. The van der Waals surface area contributed by atoms with Crippen molar-refractivity contribution in [1.29, 1.82) is 0 Å². The first kappa shape index (κ1) is 20.5. The van der Waals surface area contributed by atoms with Crippen LogP contribution in [0.4, 0.5) is 16.5 Å². The number of fused-ring (bicyclic) bond motifs is 8. The Bertz CT molecular complexity index is 2110. The summed E-state index contributed by atoms with van der Waals surface area (Å²) in [5, 5.41) is 8.19. The number of anilines is 3. The van der Waals surface area contributed by atoms with Crippen LogP contribution in [-0.2, 0) is 0 Å². The van der Waals surface area contributed by atoms with Crippen molar-refractivity contribution in [3.8, 4) is 0 Å². The zero-order valence-corrected chi connectivity index (χ0v) is 20.6. The molecule has 0 bridgehead atoms. The molecule has 8 aromatic rings. The maximum Gasteiger partial charge on any atom is 0.195 e. The van der Waals surface area contributed by atoms with Crippen LogP contribution in [0.15, 0.2) is 126 Å². The second kappa shape index (κ2) is 7.92. The molecule has 0 radical (unpaired) electrons. The molecule has 0 aliphatic rings. The summed E-state index contributed by atoms with van der Waals surface area (Å²) >= 11 is 1.74. The Morgan fingerprint density at radius 1 is 0.541 bits per heavy atom. The van der Waals surface area contributed by atoms with E-state index in [0.717, 1.165) is 44.0 Å². The average molecular weight is 493 g/mol. The van der Waals surface area contributed by atoms with Crippen molar-refractivity contribution in [3.05, 3.63) is 121 Å². The number of benzene rings is 6. The van der Waals surface area contributed by atoms with Gasteiger partial charge < -0.3 is 4.42 Å². The Balaban J connectivity index is 1.37. The monoisotopic (exact) mass is 492 g/mol. The lowest BCUT2D eigenvalue weighted by Crippen LogP contribution is -2.09. The predicted molar refractivity (Wildman–Crippen MR) is 157 cm³/mol. The molecule has 0 unspecified atom stereocenters. The maximum atomic E-state index is 6.10. The molecule has 0 fully saturated rings. The van der Waals surface area contributed by atoms with Gasteiger partial charge in [0.05, 0.1) is 10.2 Å². The molecule has 0 saturated heterocycles. The summed E-state index contributed by atoms with van der Waals surface area (Å²) in [4.78, 5) is 7.40. The highest BCUT2D eigenvalue weighted by Gasteiger charge is 2.19. The van der Waals surface area contributed by atoms with Gasteiger partial charge in [0, 0.05) is 27.5 Å². The second-order valence-corrected chi connectivity index (χ2v) is 10.2. The minimum atomic E-state index is 0.889. The van der Waals surface area contributed by atoms with Crippen molar-refractivity contribution in [2.45, 2.75) is 0 Å². The van der Waals surface area contributed by atoms with Crippen LogP contribution in [0.1, 0.15) is 0 Å². The zero-order chi connectivity index (χ0) is 24.3. The van der Waals surface area contributed by atoms with E-state index in [1.54, 1.807) is 11.3 Å². The molecule has 0 saturated carbocycles. The number of rotatable bonds is 3. The van der Waals surface area contributed by atoms with E-state index in [9.17, 15) is 0 Å². The minimum Gasteiger partial charge on any atom is -0.456 e. The summed E-state index contributed by atoms with van der Waals surface area (Å²) in [6.45, 7) is 0. The molecule has 2 aromatic heterocycles. The molecular formula is C33H20N2OS. The molecule has 174 valence electrons. The third-order valence-corrected chi connectivity index (χ3v) is 8.18. The Kier molecular flexibility index (Phi) is 4.39. The summed E-state index contributed by atoms with van der Waals surface area (Å²) in [6, 6.07) is 42.4. The SMILES string of the molecule is c1ccc(N(c2ccc3oc4ccccc4c3c2)c2nc3ccc4c5ccccc5ccc4c3s2)cc1. The number of para-hydroxylation sites is 2. The van der Waals surface area contributed by atoms with Crippen LogP contribution >= 0.6 is 11.3 Å². The number of furan rings is 1. The Morgan fingerprint density at radius 3 is 2.22 bits per heavy atom. The zero-order valence-electron chi connectivity index (χ0n) is 19.8. The van der Waals surface area contributed by atoms with E-state index in [1.807, 2.05) is 18.2 Å². The molecule has 4 heteroatoms. The highest BCUT2D eigenvalue weighted by Crippen LogP contribution is 2.43. The van der Waals surface area contributed by atoms with E-state index >= 15 is 0 Å². The first-order valence-electron chi connectivity index (χ1n) is 12.3. The molecular weight excluding hydrogens is 472 g/mol. The quantitative estimate of drug-likeness (QED) is 0.230. The van der Waals surface area contributed by atoms with Gasteiger partial charge >= 0.3 is 0 Å². The van der Waals surface area contributed by atoms with Crippen molar-refractivity contribution >= 4 is 81.5 Å². The maximum absolute atomic E-state index is 6.10. The van der Waals surface area contributed by atoms with Crippen LogP contribution in [-0.4, -0.2) is 4.98 Å². The number of hydrogen-bond acceptors (Lipinski definition) is 4. The number of hydrogen-bond donors (Lipinski definition) is 0. The van der Waals surface area contributed by atoms with Crippen molar-refractivity contribution < 1.29 is 4.42 Å². The van der Waals surface area contributed by atoms with Crippen molar-refractivity contribution in [2.75, 3.05) is 4.90 Å². The van der Waals surface area contributed by atoms with E-state index in [2.05, 4.69) is 108 Å². The largest absolute Gasteiger partial charge is 0.456 e. The van der Waals surface area contributed by atoms with Gasteiger partial charge in [0.1, 0.15) is 11.2 Å². The highest BCUT2D eigenvalue weighted by atomic mass is 32.1. The van der Waals surface area contributed by atoms with Gasteiger partial charge in [-0.1, -0.05) is 90.2 Å². The second-order valence-electron chi connectivity index (χ2n) is 9.24. The molecule has 6 aromatic carbocycles. The fourth-order valence-corrected chi connectivity index (χ4v) is 6.49. The van der Waals surface area contributed by atoms with Crippen molar-refractivity contribution in [3.63, 3.8) is 0 Å². The molecule has 0 spiro atoms. The summed E-state index contributed by atoms with van der Waals surface area (Å²) in [5.41, 5.74) is 4.93. The van der Waals surface area contributed by atoms with Gasteiger partial charge in [-0.2, -0.15) is 0 Å². The first-order valence-corrected chi connectivity index (χ1v) is 13.1. The molecule has 8 rings (SSSR count). The van der Waals surface area contributed by atoms with Crippen LogP contribution in [0.5, 0.6) is 0 Å². The third-order valence-electron chi connectivity index (χ3n) is 7.09. The fraction of sp³-hybridized carbons (Fsp3) is 0. The van der Waals surface area contributed by atoms with E-state index in [1.165, 1.54) is 26.2 Å². The summed E-state index contributed by atoms with van der Waals surface area (Å²) in [7, 11) is 0. The molecule has 0 amide bonds. The molecule has 3 nitrogen and oxygen atoms in total. The van der Waals surface area contributed by atoms with E-state index < -0.39 is 0 Å². The van der Waals surface area contributed by atoms with Crippen LogP contribution in [0.25, 0.3) is 53.7 Å². The van der Waals surface area contributed by atoms with Gasteiger partial charge in [0.15, 0.2) is 5.13 Å². The Hall–Kier alpha value is -4.67. The fourth-order valence-electron chi connectivity index (χ4n) is 5.36. The molecule has 0 N–H and O–H groups in total. The number of nitrogens with zero attached hydrogens (tertiary/aromatic N) is 2. The van der Waals surface area contributed by atoms with Crippen molar-refractivity contribution in [1.82, 2.24) is 4.98 Å². The lowest BCUT2D eigenvalue weighted by molar-refractivity contribution is 0.669. The average Bonchev–Trinajstić information content (AvgIpc) is 3.55. The molecule has 0 aliphatic carbocycles. The normalized spacial score (nSPS) is 11.8. The van der Waals surface area contributed by atoms with Crippen LogP contribution in [0, 0.1) is 0 Å². The standard InChI is InChI=1S/C33H20N2OS/c1-2-9-22(10-3-1)35(23-15-19-31-28(20-23)26-12-6-7-13-30(26)36-31)33-34-29-18-17-25-24-11-5-4-8-21(24)14-16-27(25)32(29)37-33/h1-20H. The smallest absolute Gasteiger partial charge is 0.195 e. The van der Waals surface area contributed by atoms with Gasteiger partial charge in [-0.25, -0.2) is 4.98 Å². The van der Waals surface area contributed by atoms with Gasteiger partial charge in [0.25, 0.3) is 0 Å². The summed E-state index contributed by atoms with van der Waals surface area (Å²) in [6.07, 6.45) is 0. The Morgan fingerprint density at radius 2 is 1.30 bits per heavy atom. The van der Waals surface area contributed by atoms with Gasteiger partial charge in [-0.05, 0) is 58.6 Å². The van der Waals surface area contributed by atoms with Gasteiger partial charge in [0.2, 0.25) is 0 Å². The Labute approximate surface area is 216 Å². The lowest BCUT2D eigenvalue weighted by Gasteiger charge is -2.22. The first-order chi connectivity index (χ1) is 18.3. The van der Waals surface area contributed by atoms with E-state index in [-0.39, 0.29) is 0 Å². The lowest BCUT2D eigenvalue weighted by atomic mass is 10.0. The van der Waals surface area contributed by atoms with Crippen molar-refractivity contribution in [2.24, 2.45) is 0 Å². The molecule has 37 heavy (non-hydrogen) atoms.